The predicted molar refractivity (Wildman–Crippen MR) is 45.7 cm³/mol. The molecule has 0 saturated carbocycles. The number of rotatable bonds is 3. The normalized spacial score (nSPS) is 12.4. The zero-order valence-corrected chi connectivity index (χ0v) is 6.60. The summed E-state index contributed by atoms with van der Waals surface area (Å²) in [6.45, 7) is 0. The van der Waals surface area contributed by atoms with Gasteiger partial charge in [0.1, 0.15) is 12.0 Å². The van der Waals surface area contributed by atoms with Crippen molar-refractivity contribution >= 4 is 6.29 Å². The maximum atomic E-state index is 10.1. The molecule has 0 fully saturated rings. The maximum Gasteiger partial charge on any atom is 0.121 e. The minimum absolute atomic E-state index is 0.175. The van der Waals surface area contributed by atoms with Crippen molar-refractivity contribution in [1.82, 2.24) is 0 Å². The van der Waals surface area contributed by atoms with Crippen molar-refractivity contribution in [3.8, 4) is 5.75 Å². The zero-order valence-electron chi connectivity index (χ0n) is 6.60. The highest BCUT2D eigenvalue weighted by molar-refractivity contribution is 5.51. The Hall–Kier alpha value is -1.35. The molecule has 0 aliphatic carbocycles. The lowest BCUT2D eigenvalue weighted by Gasteiger charge is -2.07. The van der Waals surface area contributed by atoms with E-state index in [1.807, 2.05) is 0 Å². The molecule has 1 atom stereocenters. The Morgan fingerprint density at radius 3 is 2.92 bits per heavy atom. The second kappa shape index (κ2) is 3.88. The van der Waals surface area contributed by atoms with Crippen molar-refractivity contribution in [1.29, 1.82) is 0 Å². The summed E-state index contributed by atoms with van der Waals surface area (Å²) in [5.74, 6) is 0.175. The van der Waals surface area contributed by atoms with Crippen molar-refractivity contribution in [2.75, 3.05) is 0 Å². The highest BCUT2D eigenvalue weighted by atomic mass is 16.3. The molecule has 0 radical (unpaired) electrons. The Labute approximate surface area is 70.8 Å². The molecule has 0 spiro atoms. The van der Waals surface area contributed by atoms with Crippen LogP contribution in [-0.4, -0.2) is 11.4 Å². The molecule has 1 unspecified atom stereocenters. The topological polar surface area (TPSA) is 63.3 Å². The number of aromatic hydroxyl groups is 1. The highest BCUT2D eigenvalue weighted by Gasteiger charge is 2.04. The fourth-order valence-electron chi connectivity index (χ4n) is 0.995. The molecule has 0 aromatic heterocycles. The Morgan fingerprint density at radius 2 is 2.33 bits per heavy atom. The minimum Gasteiger partial charge on any atom is -0.508 e. The first-order valence-electron chi connectivity index (χ1n) is 3.72. The summed E-state index contributed by atoms with van der Waals surface area (Å²) in [7, 11) is 0. The number of phenolic OH excluding ortho intramolecular Hbond substituents is 1. The molecule has 0 saturated heterocycles. The summed E-state index contributed by atoms with van der Waals surface area (Å²) in [6, 6.07) is 6.31. The van der Waals surface area contributed by atoms with E-state index in [4.69, 9.17) is 10.8 Å². The van der Waals surface area contributed by atoms with E-state index in [2.05, 4.69) is 0 Å². The first-order chi connectivity index (χ1) is 5.74. The molecule has 12 heavy (non-hydrogen) atoms. The van der Waals surface area contributed by atoms with Crippen molar-refractivity contribution in [3.63, 3.8) is 0 Å². The van der Waals surface area contributed by atoms with E-state index in [0.717, 1.165) is 11.8 Å². The molecule has 64 valence electrons. The lowest BCUT2D eigenvalue weighted by molar-refractivity contribution is -0.108. The summed E-state index contributed by atoms with van der Waals surface area (Å²) >= 11 is 0. The first kappa shape index (κ1) is 8.74. The first-order valence-corrected chi connectivity index (χ1v) is 3.72. The lowest BCUT2D eigenvalue weighted by atomic mass is 10.1. The maximum absolute atomic E-state index is 10.1. The van der Waals surface area contributed by atoms with E-state index in [-0.39, 0.29) is 18.2 Å². The van der Waals surface area contributed by atoms with Gasteiger partial charge in [0.25, 0.3) is 0 Å². The number of carbonyl (C=O) groups excluding carboxylic acids is 1. The van der Waals surface area contributed by atoms with E-state index in [1.54, 1.807) is 24.3 Å². The van der Waals surface area contributed by atoms with Gasteiger partial charge in [0.2, 0.25) is 0 Å². The van der Waals surface area contributed by atoms with Crippen LogP contribution in [0.25, 0.3) is 0 Å². The number of hydrogen-bond acceptors (Lipinski definition) is 3. The van der Waals surface area contributed by atoms with Gasteiger partial charge in [0.15, 0.2) is 0 Å². The summed E-state index contributed by atoms with van der Waals surface area (Å²) in [5.41, 5.74) is 6.41. The average molecular weight is 165 g/mol. The molecule has 1 rings (SSSR count). The SMILES string of the molecule is NC(CC=O)c1cccc(O)c1. The second-order valence-corrected chi connectivity index (χ2v) is 2.60. The molecule has 3 N–H and O–H groups in total. The molecule has 0 aliphatic rings. The Balaban J connectivity index is 2.80. The highest BCUT2D eigenvalue weighted by Crippen LogP contribution is 2.17. The van der Waals surface area contributed by atoms with Crippen LogP contribution in [-0.2, 0) is 4.79 Å². The van der Waals surface area contributed by atoms with Crippen LogP contribution in [0.3, 0.4) is 0 Å². The molecular formula is C9H11NO2. The summed E-state index contributed by atoms with van der Waals surface area (Å²) < 4.78 is 0. The number of benzene rings is 1. The van der Waals surface area contributed by atoms with Gasteiger partial charge in [0.05, 0.1) is 0 Å². The molecule has 3 nitrogen and oxygen atoms in total. The van der Waals surface area contributed by atoms with Gasteiger partial charge >= 0.3 is 0 Å². The predicted octanol–water partition coefficient (Wildman–Crippen LogP) is 0.981. The zero-order chi connectivity index (χ0) is 8.97. The largest absolute Gasteiger partial charge is 0.508 e. The summed E-state index contributed by atoms with van der Waals surface area (Å²) in [6.07, 6.45) is 1.05. The standard InChI is InChI=1S/C9H11NO2/c10-9(4-5-11)7-2-1-3-8(12)6-7/h1-3,5-6,9,12H,4,10H2. The third-order valence-corrected chi connectivity index (χ3v) is 1.65. The van der Waals surface area contributed by atoms with Crippen LogP contribution in [0.4, 0.5) is 0 Å². The van der Waals surface area contributed by atoms with Gasteiger partial charge in [-0.15, -0.1) is 0 Å². The van der Waals surface area contributed by atoms with E-state index in [9.17, 15) is 4.79 Å². The number of phenols is 1. The fourth-order valence-corrected chi connectivity index (χ4v) is 0.995. The third kappa shape index (κ3) is 2.07. The minimum atomic E-state index is -0.311. The number of aldehydes is 1. The molecular weight excluding hydrogens is 154 g/mol. The Bertz CT molecular complexity index is 273. The summed E-state index contributed by atoms with van der Waals surface area (Å²) in [5, 5.41) is 9.09. The fraction of sp³-hybridized carbons (Fsp3) is 0.222. The van der Waals surface area contributed by atoms with Crippen molar-refractivity contribution in [2.24, 2.45) is 5.73 Å². The third-order valence-electron chi connectivity index (χ3n) is 1.65. The van der Waals surface area contributed by atoms with E-state index in [1.165, 1.54) is 0 Å². The number of carbonyl (C=O) groups is 1. The van der Waals surface area contributed by atoms with Gasteiger partial charge in [-0.3, -0.25) is 0 Å². The van der Waals surface area contributed by atoms with Crippen LogP contribution in [0.1, 0.15) is 18.0 Å². The van der Waals surface area contributed by atoms with Gasteiger partial charge in [-0.05, 0) is 17.7 Å². The quantitative estimate of drug-likeness (QED) is 0.656. The van der Waals surface area contributed by atoms with Gasteiger partial charge in [-0.1, -0.05) is 12.1 Å². The molecule has 1 aromatic rings. The monoisotopic (exact) mass is 165 g/mol. The van der Waals surface area contributed by atoms with Gasteiger partial charge < -0.3 is 15.6 Å². The average Bonchev–Trinajstić information content (AvgIpc) is 2.05. The van der Waals surface area contributed by atoms with Crippen LogP contribution in [0, 0.1) is 0 Å². The molecule has 0 amide bonds. The second-order valence-electron chi connectivity index (χ2n) is 2.60. The van der Waals surface area contributed by atoms with Crippen LogP contribution in [0.5, 0.6) is 5.75 Å². The van der Waals surface area contributed by atoms with Crippen LogP contribution >= 0.6 is 0 Å². The molecule has 0 bridgehead atoms. The van der Waals surface area contributed by atoms with Crippen LogP contribution < -0.4 is 5.73 Å². The Kier molecular flexibility index (Phi) is 2.82. The molecule has 3 heteroatoms. The molecule has 1 aromatic carbocycles. The molecule has 0 heterocycles. The smallest absolute Gasteiger partial charge is 0.121 e. The van der Waals surface area contributed by atoms with E-state index in [0.29, 0.717) is 0 Å². The van der Waals surface area contributed by atoms with E-state index >= 15 is 0 Å². The van der Waals surface area contributed by atoms with Gasteiger partial charge in [-0.2, -0.15) is 0 Å². The Morgan fingerprint density at radius 1 is 1.58 bits per heavy atom. The van der Waals surface area contributed by atoms with Crippen molar-refractivity contribution in [3.05, 3.63) is 29.8 Å². The van der Waals surface area contributed by atoms with Crippen LogP contribution in [0.2, 0.25) is 0 Å². The molecule has 0 aliphatic heterocycles. The van der Waals surface area contributed by atoms with Crippen molar-refractivity contribution in [2.45, 2.75) is 12.5 Å². The van der Waals surface area contributed by atoms with Crippen LogP contribution in [0.15, 0.2) is 24.3 Å². The number of nitrogens with two attached hydrogens (primary N) is 1. The van der Waals surface area contributed by atoms with Gasteiger partial charge in [0, 0.05) is 12.5 Å². The summed E-state index contributed by atoms with van der Waals surface area (Å²) in [4.78, 5) is 10.1. The van der Waals surface area contributed by atoms with E-state index < -0.39 is 0 Å². The van der Waals surface area contributed by atoms with Crippen molar-refractivity contribution < 1.29 is 9.90 Å². The van der Waals surface area contributed by atoms with Gasteiger partial charge in [-0.25, -0.2) is 0 Å². The lowest BCUT2D eigenvalue weighted by Crippen LogP contribution is -2.10. The number of hydrogen-bond donors (Lipinski definition) is 2.